The molecule has 1 saturated carbocycles. The Balaban J connectivity index is 1.50. The first-order valence-corrected chi connectivity index (χ1v) is 11.6. The largest absolute Gasteiger partial charge is 0.352 e. The molecule has 2 N–H and O–H groups in total. The highest BCUT2D eigenvalue weighted by Crippen LogP contribution is 2.28. The number of carbonyl (C=O) groups excluding carboxylic acids is 2. The van der Waals surface area contributed by atoms with Crippen LogP contribution in [0.4, 0.5) is 5.69 Å². The molecule has 0 radical (unpaired) electrons. The smallest absolute Gasteiger partial charge is 0.251 e. The molecule has 0 atom stereocenters. The summed E-state index contributed by atoms with van der Waals surface area (Å²) >= 11 is 0. The van der Waals surface area contributed by atoms with E-state index in [4.69, 9.17) is 0 Å². The van der Waals surface area contributed by atoms with E-state index in [9.17, 15) is 18.0 Å². The number of hydrogen-bond acceptors (Lipinski definition) is 4. The first-order chi connectivity index (χ1) is 12.8. The Bertz CT molecular complexity index is 801. The van der Waals surface area contributed by atoms with E-state index in [1.807, 2.05) is 13.0 Å². The molecule has 3 rings (SSSR count). The molecular weight excluding hydrogens is 364 g/mol. The Morgan fingerprint density at radius 1 is 1.11 bits per heavy atom. The topological polar surface area (TPSA) is 92.3 Å². The van der Waals surface area contributed by atoms with Gasteiger partial charge in [-0.1, -0.05) is 12.5 Å². The number of sulfone groups is 1. The highest BCUT2D eigenvalue weighted by Gasteiger charge is 2.26. The first-order valence-electron chi connectivity index (χ1n) is 9.74. The van der Waals surface area contributed by atoms with Gasteiger partial charge in [-0.15, -0.1) is 0 Å². The van der Waals surface area contributed by atoms with Gasteiger partial charge in [0.05, 0.1) is 11.5 Å². The molecule has 1 aromatic carbocycles. The van der Waals surface area contributed by atoms with Crippen LogP contribution in [0.3, 0.4) is 0 Å². The molecule has 1 aliphatic carbocycles. The fourth-order valence-electron chi connectivity index (χ4n) is 3.52. The summed E-state index contributed by atoms with van der Waals surface area (Å²) in [5.41, 5.74) is 2.15. The summed E-state index contributed by atoms with van der Waals surface area (Å²) in [7, 11) is -2.84. The van der Waals surface area contributed by atoms with E-state index in [2.05, 4.69) is 10.6 Å². The third-order valence-corrected chi connectivity index (χ3v) is 7.46. The van der Waals surface area contributed by atoms with Gasteiger partial charge in [-0.2, -0.15) is 0 Å². The molecule has 0 unspecified atom stereocenters. The van der Waals surface area contributed by atoms with E-state index < -0.39 is 9.84 Å². The second-order valence-corrected chi connectivity index (χ2v) is 10.1. The van der Waals surface area contributed by atoms with Crippen molar-refractivity contribution in [3.8, 4) is 0 Å². The number of aryl methyl sites for hydroxylation is 1. The van der Waals surface area contributed by atoms with Crippen LogP contribution in [-0.2, 0) is 14.6 Å². The van der Waals surface area contributed by atoms with Crippen LogP contribution >= 0.6 is 0 Å². The molecule has 2 fully saturated rings. The van der Waals surface area contributed by atoms with Crippen LogP contribution in [0.25, 0.3) is 0 Å². The summed E-state index contributed by atoms with van der Waals surface area (Å²) in [4.78, 5) is 24.6. The molecule has 148 valence electrons. The van der Waals surface area contributed by atoms with Gasteiger partial charge >= 0.3 is 0 Å². The Kier molecular flexibility index (Phi) is 6.19. The number of nitrogens with one attached hydrogen (secondary N) is 2. The van der Waals surface area contributed by atoms with Gasteiger partial charge in [-0.3, -0.25) is 9.59 Å². The van der Waals surface area contributed by atoms with Crippen LogP contribution in [0.5, 0.6) is 0 Å². The molecule has 6 nitrogen and oxygen atoms in total. The predicted octanol–water partition coefficient (Wildman–Crippen LogP) is 2.68. The van der Waals surface area contributed by atoms with E-state index in [1.54, 1.807) is 12.1 Å². The van der Waals surface area contributed by atoms with Crippen LogP contribution in [-0.4, -0.2) is 38.3 Å². The number of amides is 2. The highest BCUT2D eigenvalue weighted by molar-refractivity contribution is 7.91. The van der Waals surface area contributed by atoms with Crippen molar-refractivity contribution in [3.63, 3.8) is 0 Å². The monoisotopic (exact) mass is 392 g/mol. The number of rotatable bonds is 6. The number of anilines is 1. The SMILES string of the molecule is Cc1ccc(C(=O)NCCC2CCS(=O)(=O)CC2)cc1NC(=O)C1CCC1. The van der Waals surface area contributed by atoms with E-state index in [0.29, 0.717) is 36.6 Å². The lowest BCUT2D eigenvalue weighted by molar-refractivity contribution is -0.122. The van der Waals surface area contributed by atoms with Gasteiger partial charge in [0.15, 0.2) is 0 Å². The molecule has 1 heterocycles. The highest BCUT2D eigenvalue weighted by atomic mass is 32.2. The van der Waals surface area contributed by atoms with Gasteiger partial charge in [-0.25, -0.2) is 8.42 Å². The molecule has 0 spiro atoms. The van der Waals surface area contributed by atoms with Gasteiger partial charge in [0.2, 0.25) is 5.91 Å². The van der Waals surface area contributed by atoms with Crippen LogP contribution in [0, 0.1) is 18.8 Å². The van der Waals surface area contributed by atoms with Gasteiger partial charge in [0.1, 0.15) is 9.84 Å². The molecular formula is C20H28N2O4S. The zero-order valence-corrected chi connectivity index (χ0v) is 16.6. The molecule has 7 heteroatoms. The fraction of sp³-hybridized carbons (Fsp3) is 0.600. The van der Waals surface area contributed by atoms with Crippen molar-refractivity contribution in [1.82, 2.24) is 5.32 Å². The lowest BCUT2D eigenvalue weighted by Gasteiger charge is -2.24. The van der Waals surface area contributed by atoms with Crippen LogP contribution in [0.15, 0.2) is 18.2 Å². The van der Waals surface area contributed by atoms with Gasteiger partial charge in [-0.05, 0) is 62.6 Å². The van der Waals surface area contributed by atoms with Crippen molar-refractivity contribution in [3.05, 3.63) is 29.3 Å². The lowest BCUT2D eigenvalue weighted by atomic mass is 9.85. The average Bonchev–Trinajstić information content (AvgIpc) is 2.56. The second kappa shape index (κ2) is 8.42. The first kappa shape index (κ1) is 19.9. The Morgan fingerprint density at radius 2 is 1.81 bits per heavy atom. The van der Waals surface area contributed by atoms with E-state index in [-0.39, 0.29) is 29.2 Å². The predicted molar refractivity (Wildman–Crippen MR) is 105 cm³/mol. The third-order valence-electron chi connectivity index (χ3n) is 5.75. The molecule has 1 aliphatic heterocycles. The summed E-state index contributed by atoms with van der Waals surface area (Å²) in [6.07, 6.45) is 5.13. The van der Waals surface area contributed by atoms with Gasteiger partial charge in [0, 0.05) is 23.7 Å². The third kappa shape index (κ3) is 5.31. The van der Waals surface area contributed by atoms with Crippen molar-refractivity contribution >= 4 is 27.3 Å². The summed E-state index contributed by atoms with van der Waals surface area (Å²) in [6, 6.07) is 5.34. The van der Waals surface area contributed by atoms with Crippen molar-refractivity contribution < 1.29 is 18.0 Å². The van der Waals surface area contributed by atoms with Crippen molar-refractivity contribution in [2.24, 2.45) is 11.8 Å². The molecule has 2 aliphatic rings. The summed E-state index contributed by atoms with van der Waals surface area (Å²) in [5.74, 6) is 0.832. The molecule has 0 bridgehead atoms. The quantitative estimate of drug-likeness (QED) is 0.778. The zero-order chi connectivity index (χ0) is 19.4. The fourth-order valence-corrected chi connectivity index (χ4v) is 5.11. The molecule has 27 heavy (non-hydrogen) atoms. The standard InChI is InChI=1S/C20H28N2O4S/c1-14-5-6-17(13-18(14)22-20(24)16-3-2-4-16)19(23)21-10-7-15-8-11-27(25,26)12-9-15/h5-6,13,15-16H,2-4,7-12H2,1H3,(H,21,23)(H,22,24). The molecule has 2 amide bonds. The average molecular weight is 393 g/mol. The Hall–Kier alpha value is -1.89. The van der Waals surface area contributed by atoms with Crippen LogP contribution in [0.1, 0.15) is 54.4 Å². The number of benzene rings is 1. The maximum atomic E-state index is 12.4. The minimum Gasteiger partial charge on any atom is -0.352 e. The van der Waals surface area contributed by atoms with E-state index in [0.717, 1.165) is 31.2 Å². The van der Waals surface area contributed by atoms with Crippen molar-refractivity contribution in [2.45, 2.75) is 45.4 Å². The second-order valence-electron chi connectivity index (χ2n) is 7.79. The normalized spacial score (nSPS) is 19.9. The summed E-state index contributed by atoms with van der Waals surface area (Å²) in [5, 5.41) is 5.86. The molecule has 1 aromatic rings. The van der Waals surface area contributed by atoms with E-state index >= 15 is 0 Å². The van der Waals surface area contributed by atoms with Crippen LogP contribution in [0.2, 0.25) is 0 Å². The van der Waals surface area contributed by atoms with E-state index in [1.165, 1.54) is 0 Å². The van der Waals surface area contributed by atoms with Crippen molar-refractivity contribution in [1.29, 1.82) is 0 Å². The molecule has 1 saturated heterocycles. The lowest BCUT2D eigenvalue weighted by Crippen LogP contribution is -2.30. The number of hydrogen-bond donors (Lipinski definition) is 2. The Morgan fingerprint density at radius 3 is 2.44 bits per heavy atom. The summed E-state index contributed by atoms with van der Waals surface area (Å²) in [6.45, 7) is 2.44. The summed E-state index contributed by atoms with van der Waals surface area (Å²) < 4.78 is 22.9. The van der Waals surface area contributed by atoms with Crippen LogP contribution < -0.4 is 10.6 Å². The minimum atomic E-state index is -2.84. The molecule has 0 aromatic heterocycles. The van der Waals surface area contributed by atoms with Gasteiger partial charge < -0.3 is 10.6 Å². The maximum absolute atomic E-state index is 12.4. The maximum Gasteiger partial charge on any atom is 0.251 e. The number of carbonyl (C=O) groups is 2. The zero-order valence-electron chi connectivity index (χ0n) is 15.8. The Labute approximate surface area is 161 Å². The minimum absolute atomic E-state index is 0.0363. The van der Waals surface area contributed by atoms with Gasteiger partial charge in [0.25, 0.3) is 5.91 Å². The van der Waals surface area contributed by atoms with Crippen molar-refractivity contribution in [2.75, 3.05) is 23.4 Å².